The van der Waals surface area contributed by atoms with Gasteiger partial charge in [-0.2, -0.15) is 0 Å². The Hall–Kier alpha value is -0.380. The third-order valence-electron chi connectivity index (χ3n) is 4.07. The third-order valence-corrected chi connectivity index (χ3v) is 4.07. The zero-order chi connectivity index (χ0) is 9.16. The molecule has 2 fully saturated rings. The van der Waals surface area contributed by atoms with E-state index >= 15 is 0 Å². The fourth-order valence-corrected chi connectivity index (χ4v) is 3.52. The Labute approximate surface area is 76.7 Å². The molecule has 0 amide bonds. The summed E-state index contributed by atoms with van der Waals surface area (Å²) < 4.78 is 0. The molecule has 6 atom stereocenters. The Balaban J connectivity index is 1.98. The summed E-state index contributed by atoms with van der Waals surface area (Å²) in [6.07, 6.45) is 2.93. The highest BCUT2D eigenvalue weighted by atomic mass is 16.4. The lowest BCUT2D eigenvalue weighted by Crippen LogP contribution is -2.32. The average molecular weight is 182 g/mol. The van der Waals surface area contributed by atoms with Gasteiger partial charge in [-0.15, -0.1) is 0 Å². The Morgan fingerprint density at radius 3 is 1.69 bits per heavy atom. The zero-order valence-corrected chi connectivity index (χ0v) is 7.24. The van der Waals surface area contributed by atoms with Crippen molar-refractivity contribution in [2.45, 2.75) is 24.7 Å². The van der Waals surface area contributed by atoms with Gasteiger partial charge in [0.1, 0.15) is 6.10 Å². The van der Waals surface area contributed by atoms with Crippen molar-refractivity contribution in [2.75, 3.05) is 0 Å². The Bertz CT molecular complexity index is 239. The van der Waals surface area contributed by atoms with E-state index in [0.717, 1.165) is 6.42 Å². The van der Waals surface area contributed by atoms with E-state index in [1.54, 1.807) is 0 Å². The van der Waals surface area contributed by atoms with Crippen molar-refractivity contribution in [1.29, 1.82) is 0 Å². The van der Waals surface area contributed by atoms with E-state index in [4.69, 9.17) is 0 Å². The smallest absolute Gasteiger partial charge is 0.106 e. The number of aliphatic hydroxyl groups is 3. The van der Waals surface area contributed by atoms with Crippen LogP contribution in [0, 0.1) is 23.7 Å². The summed E-state index contributed by atoms with van der Waals surface area (Å²) in [5.74, 6) is 0.966. The lowest BCUT2D eigenvalue weighted by atomic mass is 9.84. The van der Waals surface area contributed by atoms with Crippen molar-refractivity contribution in [2.24, 2.45) is 23.7 Å². The topological polar surface area (TPSA) is 60.7 Å². The van der Waals surface area contributed by atoms with Crippen molar-refractivity contribution < 1.29 is 15.3 Å². The molecule has 3 nitrogen and oxygen atoms in total. The largest absolute Gasteiger partial charge is 0.390 e. The van der Waals surface area contributed by atoms with Crippen LogP contribution < -0.4 is 0 Å². The summed E-state index contributed by atoms with van der Waals surface area (Å²) in [4.78, 5) is 0. The molecule has 0 heterocycles. The lowest BCUT2D eigenvalue weighted by Gasteiger charge is -2.23. The summed E-state index contributed by atoms with van der Waals surface area (Å²) >= 11 is 0. The monoisotopic (exact) mass is 182 g/mol. The van der Waals surface area contributed by atoms with Gasteiger partial charge in [0.05, 0.1) is 12.2 Å². The van der Waals surface area contributed by atoms with Gasteiger partial charge in [-0.3, -0.25) is 0 Å². The molecular formula is C10H14O3. The molecule has 0 aromatic carbocycles. The molecule has 72 valence electrons. The van der Waals surface area contributed by atoms with Crippen molar-refractivity contribution in [3.8, 4) is 0 Å². The van der Waals surface area contributed by atoms with Gasteiger partial charge in [0, 0.05) is 0 Å². The molecule has 0 aromatic rings. The second-order valence-electron chi connectivity index (χ2n) is 4.57. The van der Waals surface area contributed by atoms with E-state index in [1.165, 1.54) is 0 Å². The van der Waals surface area contributed by atoms with E-state index in [9.17, 15) is 15.3 Å². The van der Waals surface area contributed by atoms with Gasteiger partial charge in [0.2, 0.25) is 0 Å². The maximum atomic E-state index is 9.72. The maximum Gasteiger partial charge on any atom is 0.106 e. The van der Waals surface area contributed by atoms with Gasteiger partial charge in [-0.05, 0) is 30.1 Å². The number of hydrogen-bond acceptors (Lipinski definition) is 3. The molecule has 3 rings (SSSR count). The molecular weight excluding hydrogens is 168 g/mol. The molecule has 13 heavy (non-hydrogen) atoms. The summed E-state index contributed by atoms with van der Waals surface area (Å²) in [6.45, 7) is 0. The van der Waals surface area contributed by atoms with Crippen LogP contribution in [-0.2, 0) is 0 Å². The van der Waals surface area contributed by atoms with Crippen LogP contribution in [0.15, 0.2) is 12.2 Å². The van der Waals surface area contributed by atoms with Gasteiger partial charge < -0.3 is 15.3 Å². The first-order valence-corrected chi connectivity index (χ1v) is 4.92. The van der Waals surface area contributed by atoms with E-state index < -0.39 is 18.3 Å². The second-order valence-corrected chi connectivity index (χ2v) is 4.57. The first kappa shape index (κ1) is 7.97. The highest BCUT2D eigenvalue weighted by Gasteiger charge is 2.59. The standard InChI is InChI=1S/C10H14O3/c11-8-6-4-1-2-5(3-4)7(6)9(12)10(8)13/h1-2,4-13H,3H2. The lowest BCUT2D eigenvalue weighted by molar-refractivity contribution is -0.0359. The first-order valence-electron chi connectivity index (χ1n) is 4.92. The maximum absolute atomic E-state index is 9.72. The minimum absolute atomic E-state index is 0.0972. The molecule has 3 aliphatic carbocycles. The van der Waals surface area contributed by atoms with Crippen LogP contribution in [-0.4, -0.2) is 33.6 Å². The van der Waals surface area contributed by atoms with E-state index in [2.05, 4.69) is 12.2 Å². The summed E-state index contributed by atoms with van der Waals surface area (Å²) in [5, 5.41) is 28.9. The zero-order valence-electron chi connectivity index (χ0n) is 7.24. The Kier molecular flexibility index (Phi) is 1.44. The van der Waals surface area contributed by atoms with Crippen molar-refractivity contribution in [3.05, 3.63) is 12.2 Å². The molecule has 0 saturated heterocycles. The fourth-order valence-electron chi connectivity index (χ4n) is 3.52. The summed E-state index contributed by atoms with van der Waals surface area (Å²) in [7, 11) is 0. The molecule has 2 saturated carbocycles. The number of rotatable bonds is 0. The predicted octanol–water partition coefficient (Wildman–Crippen LogP) is -0.479. The SMILES string of the molecule is OC1C(O)C2C3C=CC(C3)C2C1O. The summed E-state index contributed by atoms with van der Waals surface area (Å²) in [5.41, 5.74) is 0. The highest BCUT2D eigenvalue weighted by molar-refractivity contribution is 5.20. The van der Waals surface area contributed by atoms with Gasteiger partial charge >= 0.3 is 0 Å². The number of hydrogen-bond donors (Lipinski definition) is 3. The molecule has 3 aliphatic rings. The Morgan fingerprint density at radius 1 is 0.769 bits per heavy atom. The normalized spacial score (nSPS) is 63.2. The van der Waals surface area contributed by atoms with E-state index in [1.807, 2.05) is 0 Å². The number of aliphatic hydroxyl groups excluding tert-OH is 3. The van der Waals surface area contributed by atoms with Gasteiger partial charge in [0.15, 0.2) is 0 Å². The van der Waals surface area contributed by atoms with Crippen LogP contribution in [0.2, 0.25) is 0 Å². The molecule has 3 heteroatoms. The molecule has 6 unspecified atom stereocenters. The quantitative estimate of drug-likeness (QED) is 0.443. The predicted molar refractivity (Wildman–Crippen MR) is 45.7 cm³/mol. The van der Waals surface area contributed by atoms with Gasteiger partial charge in [-0.1, -0.05) is 12.2 Å². The number of fused-ring (bicyclic) bond motifs is 5. The molecule has 0 aliphatic heterocycles. The highest BCUT2D eigenvalue weighted by Crippen LogP contribution is 2.55. The minimum Gasteiger partial charge on any atom is -0.390 e. The number of allylic oxidation sites excluding steroid dienone is 2. The van der Waals surface area contributed by atoms with Crippen molar-refractivity contribution >= 4 is 0 Å². The first-order chi connectivity index (χ1) is 6.20. The molecule has 0 spiro atoms. The molecule has 0 radical (unpaired) electrons. The summed E-state index contributed by atoms with van der Waals surface area (Å²) in [6, 6.07) is 0. The fraction of sp³-hybridized carbons (Fsp3) is 0.800. The Morgan fingerprint density at radius 2 is 1.23 bits per heavy atom. The third kappa shape index (κ3) is 0.802. The van der Waals surface area contributed by atoms with Crippen LogP contribution in [0.5, 0.6) is 0 Å². The van der Waals surface area contributed by atoms with Crippen LogP contribution >= 0.6 is 0 Å². The van der Waals surface area contributed by atoms with Crippen molar-refractivity contribution in [3.63, 3.8) is 0 Å². The van der Waals surface area contributed by atoms with Crippen molar-refractivity contribution in [1.82, 2.24) is 0 Å². The second kappa shape index (κ2) is 2.35. The van der Waals surface area contributed by atoms with Gasteiger partial charge in [0.25, 0.3) is 0 Å². The minimum atomic E-state index is -0.930. The molecule has 3 N–H and O–H groups in total. The van der Waals surface area contributed by atoms with Gasteiger partial charge in [-0.25, -0.2) is 0 Å². The van der Waals surface area contributed by atoms with Crippen LogP contribution in [0.25, 0.3) is 0 Å². The van der Waals surface area contributed by atoms with Crippen LogP contribution in [0.1, 0.15) is 6.42 Å². The van der Waals surface area contributed by atoms with Crippen LogP contribution in [0.3, 0.4) is 0 Å². The average Bonchev–Trinajstić information content (AvgIpc) is 2.76. The van der Waals surface area contributed by atoms with E-state index in [0.29, 0.717) is 11.8 Å². The molecule has 2 bridgehead atoms. The van der Waals surface area contributed by atoms with Crippen LogP contribution in [0.4, 0.5) is 0 Å². The van der Waals surface area contributed by atoms with E-state index in [-0.39, 0.29) is 11.8 Å². The molecule has 0 aromatic heterocycles.